The predicted molar refractivity (Wildman–Crippen MR) is 107 cm³/mol. The maximum Gasteiger partial charge on any atom is 0.242 e. The van der Waals surface area contributed by atoms with Crippen molar-refractivity contribution in [3.8, 4) is 11.1 Å². The van der Waals surface area contributed by atoms with Gasteiger partial charge in [0, 0.05) is 12.2 Å². The minimum atomic E-state index is -3.37. The molecule has 1 fully saturated rings. The van der Waals surface area contributed by atoms with Crippen LogP contribution >= 0.6 is 0 Å². The van der Waals surface area contributed by atoms with E-state index < -0.39 is 16.1 Å². The van der Waals surface area contributed by atoms with E-state index in [2.05, 4.69) is 17.4 Å². The third kappa shape index (κ3) is 3.39. The fourth-order valence-electron chi connectivity index (χ4n) is 4.16. The van der Waals surface area contributed by atoms with E-state index in [0.717, 1.165) is 18.5 Å². The van der Waals surface area contributed by atoms with Gasteiger partial charge in [0.1, 0.15) is 6.04 Å². The van der Waals surface area contributed by atoms with Crippen molar-refractivity contribution in [2.75, 3.05) is 17.6 Å². The number of nitrogens with one attached hydrogen (secondary N) is 1. The van der Waals surface area contributed by atoms with Gasteiger partial charge in [-0.2, -0.15) is 4.31 Å². The molecule has 1 amide bonds. The molecule has 0 radical (unpaired) electrons. The second-order valence-electron chi connectivity index (χ2n) is 7.28. The minimum Gasteiger partial charge on any atom is -0.325 e. The number of anilines is 1. The summed E-state index contributed by atoms with van der Waals surface area (Å²) in [5.74, 6) is -0.143. The molecular weight excluding hydrogens is 360 g/mol. The normalized spacial score (nSPS) is 18.9. The molecule has 2 aromatic rings. The molecule has 4 rings (SSSR count). The number of rotatable bonds is 5. The van der Waals surface area contributed by atoms with E-state index in [0.29, 0.717) is 19.4 Å². The van der Waals surface area contributed by atoms with Crippen LogP contribution in [0.5, 0.6) is 0 Å². The van der Waals surface area contributed by atoms with Crippen molar-refractivity contribution in [2.24, 2.45) is 0 Å². The lowest BCUT2D eigenvalue weighted by molar-refractivity contribution is -0.119. The Morgan fingerprint density at radius 2 is 1.93 bits per heavy atom. The van der Waals surface area contributed by atoms with Crippen molar-refractivity contribution in [2.45, 2.75) is 38.6 Å². The van der Waals surface area contributed by atoms with Crippen LogP contribution < -0.4 is 5.32 Å². The van der Waals surface area contributed by atoms with Crippen LogP contribution in [-0.4, -0.2) is 37.0 Å². The fraction of sp³-hybridized carbons (Fsp3) is 0.381. The Balaban J connectivity index is 1.52. The average molecular weight is 385 g/mol. The number of hydrogen-bond donors (Lipinski definition) is 1. The first-order chi connectivity index (χ1) is 13.0. The van der Waals surface area contributed by atoms with Gasteiger partial charge in [-0.05, 0) is 60.1 Å². The molecule has 2 aliphatic rings. The number of benzene rings is 2. The molecule has 1 N–H and O–H groups in total. The van der Waals surface area contributed by atoms with E-state index in [9.17, 15) is 13.2 Å². The highest BCUT2D eigenvalue weighted by molar-refractivity contribution is 7.89. The zero-order valence-electron chi connectivity index (χ0n) is 15.4. The molecule has 0 aromatic heterocycles. The lowest BCUT2D eigenvalue weighted by atomic mass is 10.1. The number of nitrogens with zero attached hydrogens (tertiary/aromatic N) is 1. The zero-order chi connectivity index (χ0) is 19.0. The maximum absolute atomic E-state index is 12.8. The van der Waals surface area contributed by atoms with Gasteiger partial charge in [0.05, 0.1) is 5.75 Å². The molecule has 0 saturated carbocycles. The summed E-state index contributed by atoms with van der Waals surface area (Å²) in [6.45, 7) is 2.27. The summed E-state index contributed by atoms with van der Waals surface area (Å²) in [6, 6.07) is 13.7. The lowest BCUT2D eigenvalue weighted by Crippen LogP contribution is -2.44. The average Bonchev–Trinajstić information content (AvgIpc) is 3.26. The molecule has 1 saturated heterocycles. The molecule has 0 unspecified atom stereocenters. The van der Waals surface area contributed by atoms with Gasteiger partial charge in [0.25, 0.3) is 0 Å². The fourth-order valence-corrected chi connectivity index (χ4v) is 5.91. The molecule has 0 bridgehead atoms. The first-order valence-electron chi connectivity index (χ1n) is 9.51. The van der Waals surface area contributed by atoms with Crippen LogP contribution in [0.4, 0.5) is 5.69 Å². The van der Waals surface area contributed by atoms with E-state index in [1.54, 1.807) is 0 Å². The van der Waals surface area contributed by atoms with Gasteiger partial charge < -0.3 is 5.32 Å². The Hall–Kier alpha value is -2.18. The maximum atomic E-state index is 12.8. The van der Waals surface area contributed by atoms with E-state index >= 15 is 0 Å². The van der Waals surface area contributed by atoms with Gasteiger partial charge in [-0.15, -0.1) is 0 Å². The quantitative estimate of drug-likeness (QED) is 0.733. The molecular formula is C21H24N2O3S. The summed E-state index contributed by atoms with van der Waals surface area (Å²) >= 11 is 0. The Morgan fingerprint density at radius 3 is 2.74 bits per heavy atom. The minimum absolute atomic E-state index is 0.0912. The van der Waals surface area contributed by atoms with Crippen molar-refractivity contribution < 1.29 is 13.2 Å². The van der Waals surface area contributed by atoms with E-state index in [1.807, 2.05) is 37.3 Å². The molecule has 0 spiro atoms. The van der Waals surface area contributed by atoms with Gasteiger partial charge in [-0.3, -0.25) is 4.79 Å². The first kappa shape index (κ1) is 18.2. The highest BCUT2D eigenvalue weighted by atomic mass is 32.2. The monoisotopic (exact) mass is 384 g/mol. The van der Waals surface area contributed by atoms with Crippen molar-refractivity contribution >= 4 is 21.6 Å². The van der Waals surface area contributed by atoms with Crippen LogP contribution in [0.25, 0.3) is 11.1 Å². The van der Waals surface area contributed by atoms with Crippen LogP contribution in [0, 0.1) is 0 Å². The van der Waals surface area contributed by atoms with Gasteiger partial charge in [0.2, 0.25) is 15.9 Å². The van der Waals surface area contributed by atoms with Crippen LogP contribution in [0.1, 0.15) is 37.3 Å². The molecule has 1 aliphatic heterocycles. The van der Waals surface area contributed by atoms with E-state index in [-0.39, 0.29) is 11.7 Å². The highest BCUT2D eigenvalue weighted by Gasteiger charge is 2.38. The summed E-state index contributed by atoms with van der Waals surface area (Å²) < 4.78 is 26.2. The van der Waals surface area contributed by atoms with E-state index in [1.165, 1.54) is 26.6 Å². The molecule has 142 valence electrons. The molecule has 5 nitrogen and oxygen atoms in total. The third-order valence-electron chi connectivity index (χ3n) is 5.39. The summed E-state index contributed by atoms with van der Waals surface area (Å²) in [5.41, 5.74) is 5.67. The third-order valence-corrected chi connectivity index (χ3v) is 7.46. The standard InChI is InChI=1S/C21H24N2O3S/c1-2-12-27(25,26)23-11-5-8-20(23)21(24)22-17-9-10-19-16(14-17)13-15-6-3-4-7-18(15)19/h3-4,6-7,9-10,14,20H,2,5,8,11-13H2,1H3,(H,22,24)/t20-/m0/s1. The first-order valence-corrected chi connectivity index (χ1v) is 11.1. The number of sulfonamides is 1. The number of carbonyl (C=O) groups is 1. The van der Waals surface area contributed by atoms with Crippen LogP contribution in [-0.2, 0) is 21.2 Å². The summed E-state index contributed by atoms with van der Waals surface area (Å²) in [5, 5.41) is 2.94. The second-order valence-corrected chi connectivity index (χ2v) is 9.32. The summed E-state index contributed by atoms with van der Waals surface area (Å²) in [6.07, 6.45) is 2.71. The second kappa shape index (κ2) is 7.09. The number of fused-ring (bicyclic) bond motifs is 3. The molecule has 27 heavy (non-hydrogen) atoms. The topological polar surface area (TPSA) is 66.5 Å². The number of hydrogen-bond acceptors (Lipinski definition) is 3. The lowest BCUT2D eigenvalue weighted by Gasteiger charge is -2.23. The highest BCUT2D eigenvalue weighted by Crippen LogP contribution is 2.37. The molecule has 1 atom stereocenters. The Bertz CT molecular complexity index is 985. The zero-order valence-corrected chi connectivity index (χ0v) is 16.3. The van der Waals surface area contributed by atoms with Crippen molar-refractivity contribution in [3.05, 3.63) is 53.6 Å². The van der Waals surface area contributed by atoms with Crippen molar-refractivity contribution in [3.63, 3.8) is 0 Å². The van der Waals surface area contributed by atoms with Gasteiger partial charge in [0.15, 0.2) is 0 Å². The number of amides is 1. The largest absolute Gasteiger partial charge is 0.325 e. The van der Waals surface area contributed by atoms with Crippen LogP contribution in [0.3, 0.4) is 0 Å². The molecule has 1 heterocycles. The summed E-state index contributed by atoms with van der Waals surface area (Å²) in [7, 11) is -3.37. The van der Waals surface area contributed by atoms with Gasteiger partial charge in [-0.25, -0.2) is 8.42 Å². The summed E-state index contributed by atoms with van der Waals surface area (Å²) in [4.78, 5) is 12.8. The van der Waals surface area contributed by atoms with Crippen molar-refractivity contribution in [1.82, 2.24) is 4.31 Å². The van der Waals surface area contributed by atoms with E-state index in [4.69, 9.17) is 0 Å². The van der Waals surface area contributed by atoms with Gasteiger partial charge >= 0.3 is 0 Å². The Morgan fingerprint density at radius 1 is 1.15 bits per heavy atom. The van der Waals surface area contributed by atoms with Crippen LogP contribution in [0.15, 0.2) is 42.5 Å². The molecule has 1 aliphatic carbocycles. The van der Waals surface area contributed by atoms with Crippen molar-refractivity contribution in [1.29, 1.82) is 0 Å². The predicted octanol–water partition coefficient (Wildman–Crippen LogP) is 3.40. The number of carbonyl (C=O) groups excluding carboxylic acids is 1. The van der Waals surface area contributed by atoms with Crippen LogP contribution in [0.2, 0.25) is 0 Å². The van der Waals surface area contributed by atoms with Gasteiger partial charge in [-0.1, -0.05) is 37.3 Å². The Kier molecular flexibility index (Phi) is 4.78. The smallest absolute Gasteiger partial charge is 0.242 e. The molecule has 6 heteroatoms. The SMILES string of the molecule is CCCS(=O)(=O)N1CCC[C@H]1C(=O)Nc1ccc2c(c1)Cc1ccccc1-2. The molecule has 2 aromatic carbocycles. The Labute approximate surface area is 160 Å².